The highest BCUT2D eigenvalue weighted by molar-refractivity contribution is 4.84. The van der Waals surface area contributed by atoms with Crippen LogP contribution in [-0.4, -0.2) is 49.1 Å². The highest BCUT2D eigenvalue weighted by Gasteiger charge is 2.28. The molecule has 90 valence electrons. The molecule has 0 aliphatic carbocycles. The Morgan fingerprint density at radius 3 is 2.13 bits per heavy atom. The summed E-state index contributed by atoms with van der Waals surface area (Å²) in [6.07, 6.45) is 4.01. The average Bonchev–Trinajstić information content (AvgIpc) is 2.18. The topological polar surface area (TPSA) is 6.48 Å². The average molecular weight is 212 g/mol. The van der Waals surface area contributed by atoms with Crippen LogP contribution in [0.5, 0.6) is 0 Å². The summed E-state index contributed by atoms with van der Waals surface area (Å²) in [7, 11) is 4.37. The molecule has 0 amide bonds. The molecule has 0 radical (unpaired) electrons. The van der Waals surface area contributed by atoms with Gasteiger partial charge in [-0.2, -0.15) is 0 Å². The molecule has 1 fully saturated rings. The normalized spacial score (nSPS) is 21.2. The zero-order chi connectivity index (χ0) is 11.5. The monoisotopic (exact) mass is 212 g/mol. The van der Waals surface area contributed by atoms with Crippen molar-refractivity contribution in [3.05, 3.63) is 0 Å². The molecule has 0 atom stereocenters. The van der Waals surface area contributed by atoms with Crippen molar-refractivity contribution >= 4 is 0 Å². The van der Waals surface area contributed by atoms with E-state index in [9.17, 15) is 0 Å². The molecule has 0 N–H and O–H groups in total. The van der Waals surface area contributed by atoms with Gasteiger partial charge in [0.25, 0.3) is 0 Å². The van der Waals surface area contributed by atoms with Gasteiger partial charge >= 0.3 is 0 Å². The maximum atomic E-state index is 2.67. The van der Waals surface area contributed by atoms with Gasteiger partial charge in [-0.1, -0.05) is 6.92 Å². The molecule has 2 heteroatoms. The lowest BCUT2D eigenvalue weighted by molar-refractivity contribution is 0.0657. The summed E-state index contributed by atoms with van der Waals surface area (Å²) in [6, 6.07) is 0. The van der Waals surface area contributed by atoms with E-state index < -0.39 is 0 Å². The van der Waals surface area contributed by atoms with E-state index >= 15 is 0 Å². The Kier molecular flexibility index (Phi) is 4.60. The van der Waals surface area contributed by atoms with Crippen molar-refractivity contribution in [3.63, 3.8) is 0 Å². The van der Waals surface area contributed by atoms with Crippen molar-refractivity contribution in [1.82, 2.24) is 9.80 Å². The van der Waals surface area contributed by atoms with Crippen LogP contribution < -0.4 is 0 Å². The van der Waals surface area contributed by atoms with Gasteiger partial charge in [-0.3, -0.25) is 4.90 Å². The lowest BCUT2D eigenvalue weighted by Gasteiger charge is -2.43. The fourth-order valence-corrected chi connectivity index (χ4v) is 2.46. The zero-order valence-corrected chi connectivity index (χ0v) is 11.2. The molecular weight excluding hydrogens is 184 g/mol. The summed E-state index contributed by atoms with van der Waals surface area (Å²) < 4.78 is 0. The molecular formula is C13H28N2. The second-order valence-electron chi connectivity index (χ2n) is 5.86. The second kappa shape index (κ2) is 5.31. The molecule has 1 heterocycles. The van der Waals surface area contributed by atoms with E-state index in [2.05, 4.69) is 44.7 Å². The summed E-state index contributed by atoms with van der Waals surface area (Å²) in [5.41, 5.74) is 0.406. The van der Waals surface area contributed by atoms with Gasteiger partial charge in [-0.15, -0.1) is 0 Å². The number of rotatable bonds is 4. The first-order valence-corrected chi connectivity index (χ1v) is 6.35. The van der Waals surface area contributed by atoms with Gasteiger partial charge in [0.15, 0.2) is 0 Å². The molecule has 1 aliphatic heterocycles. The first-order chi connectivity index (χ1) is 6.95. The van der Waals surface area contributed by atoms with E-state index in [1.807, 2.05) is 0 Å². The standard InChI is InChI=1S/C13H28N2/c1-6-13(2,3)15-9-7-12(8-10-15)11-14(4)5/h12H,6-11H2,1-5H3. The van der Waals surface area contributed by atoms with Crippen molar-refractivity contribution in [2.24, 2.45) is 5.92 Å². The fourth-order valence-electron chi connectivity index (χ4n) is 2.46. The van der Waals surface area contributed by atoms with Gasteiger partial charge in [-0.25, -0.2) is 0 Å². The van der Waals surface area contributed by atoms with Gasteiger partial charge in [-0.05, 0) is 66.2 Å². The summed E-state index contributed by atoms with van der Waals surface area (Å²) in [5.74, 6) is 0.920. The van der Waals surface area contributed by atoms with Crippen molar-refractivity contribution in [1.29, 1.82) is 0 Å². The molecule has 0 aromatic rings. The maximum Gasteiger partial charge on any atom is 0.0150 e. The van der Waals surface area contributed by atoms with Crippen molar-refractivity contribution < 1.29 is 0 Å². The quantitative estimate of drug-likeness (QED) is 0.706. The van der Waals surface area contributed by atoms with Gasteiger partial charge in [0, 0.05) is 12.1 Å². The van der Waals surface area contributed by atoms with E-state index in [-0.39, 0.29) is 0 Å². The van der Waals surface area contributed by atoms with Crippen LogP contribution in [0.3, 0.4) is 0 Å². The van der Waals surface area contributed by atoms with Gasteiger partial charge in [0.2, 0.25) is 0 Å². The Balaban J connectivity index is 2.36. The SMILES string of the molecule is CCC(C)(C)N1CCC(CN(C)C)CC1. The van der Waals surface area contributed by atoms with E-state index in [1.165, 1.54) is 38.9 Å². The third-order valence-electron chi connectivity index (χ3n) is 3.96. The third-order valence-corrected chi connectivity index (χ3v) is 3.96. The minimum Gasteiger partial charge on any atom is -0.309 e. The molecule has 1 saturated heterocycles. The van der Waals surface area contributed by atoms with Crippen LogP contribution in [0, 0.1) is 5.92 Å². The summed E-state index contributed by atoms with van der Waals surface area (Å²) in [5, 5.41) is 0. The third kappa shape index (κ3) is 3.76. The molecule has 0 aromatic carbocycles. The number of piperidine rings is 1. The number of hydrogen-bond acceptors (Lipinski definition) is 2. The number of likely N-dealkylation sites (tertiary alicyclic amines) is 1. The molecule has 15 heavy (non-hydrogen) atoms. The molecule has 0 aromatic heterocycles. The molecule has 0 spiro atoms. The van der Waals surface area contributed by atoms with Crippen LogP contribution >= 0.6 is 0 Å². The lowest BCUT2D eigenvalue weighted by Crippen LogP contribution is -2.48. The van der Waals surface area contributed by atoms with Crippen molar-refractivity contribution in [2.75, 3.05) is 33.7 Å². The van der Waals surface area contributed by atoms with E-state index in [0.717, 1.165) is 5.92 Å². The van der Waals surface area contributed by atoms with Crippen LogP contribution in [0.25, 0.3) is 0 Å². The Bertz CT molecular complexity index is 179. The molecule has 0 unspecified atom stereocenters. The Morgan fingerprint density at radius 2 is 1.73 bits per heavy atom. The van der Waals surface area contributed by atoms with Gasteiger partial charge in [0.05, 0.1) is 0 Å². The predicted molar refractivity (Wildman–Crippen MR) is 67.2 cm³/mol. The Hall–Kier alpha value is -0.0800. The first-order valence-electron chi connectivity index (χ1n) is 6.35. The largest absolute Gasteiger partial charge is 0.309 e. The Labute approximate surface area is 95.6 Å². The molecule has 2 nitrogen and oxygen atoms in total. The minimum absolute atomic E-state index is 0.406. The number of hydrogen-bond donors (Lipinski definition) is 0. The van der Waals surface area contributed by atoms with Crippen LogP contribution in [0.15, 0.2) is 0 Å². The van der Waals surface area contributed by atoms with Crippen molar-refractivity contribution in [2.45, 2.75) is 45.6 Å². The summed E-state index contributed by atoms with van der Waals surface area (Å²) in [4.78, 5) is 4.99. The van der Waals surface area contributed by atoms with Gasteiger partial charge < -0.3 is 4.90 Å². The summed E-state index contributed by atoms with van der Waals surface area (Å²) in [6.45, 7) is 10.9. The smallest absolute Gasteiger partial charge is 0.0150 e. The van der Waals surface area contributed by atoms with Crippen LogP contribution in [0.2, 0.25) is 0 Å². The number of nitrogens with zero attached hydrogens (tertiary/aromatic N) is 2. The fraction of sp³-hybridized carbons (Fsp3) is 1.00. The van der Waals surface area contributed by atoms with Crippen molar-refractivity contribution in [3.8, 4) is 0 Å². The van der Waals surface area contributed by atoms with Crippen LogP contribution in [-0.2, 0) is 0 Å². The van der Waals surface area contributed by atoms with Crippen LogP contribution in [0.1, 0.15) is 40.0 Å². The predicted octanol–water partition coefficient (Wildman–Crippen LogP) is 2.45. The van der Waals surface area contributed by atoms with E-state index in [1.54, 1.807) is 0 Å². The zero-order valence-electron chi connectivity index (χ0n) is 11.2. The van der Waals surface area contributed by atoms with Gasteiger partial charge in [0.1, 0.15) is 0 Å². The van der Waals surface area contributed by atoms with E-state index in [0.29, 0.717) is 5.54 Å². The first kappa shape index (κ1) is 13.0. The maximum absolute atomic E-state index is 2.67. The van der Waals surface area contributed by atoms with Crippen LogP contribution in [0.4, 0.5) is 0 Å². The molecule has 0 saturated carbocycles. The second-order valence-corrected chi connectivity index (χ2v) is 5.86. The highest BCUT2D eigenvalue weighted by Crippen LogP contribution is 2.26. The molecule has 1 rings (SSSR count). The van der Waals surface area contributed by atoms with E-state index in [4.69, 9.17) is 0 Å². The molecule has 0 bridgehead atoms. The summed E-state index contributed by atoms with van der Waals surface area (Å²) >= 11 is 0. The minimum atomic E-state index is 0.406. The highest BCUT2D eigenvalue weighted by atomic mass is 15.2. The molecule has 1 aliphatic rings. The Morgan fingerprint density at radius 1 is 1.20 bits per heavy atom. The lowest BCUT2D eigenvalue weighted by atomic mass is 9.91.